The lowest BCUT2D eigenvalue weighted by Crippen LogP contribution is -2.44. The van der Waals surface area contributed by atoms with Gasteiger partial charge in [0.05, 0.1) is 24.2 Å². The molecule has 1 fully saturated rings. The van der Waals surface area contributed by atoms with E-state index >= 15 is 0 Å². The number of benzene rings is 3. The Labute approximate surface area is 232 Å². The summed E-state index contributed by atoms with van der Waals surface area (Å²) in [4.78, 5) is 38.7. The molecule has 204 valence electrons. The third-order valence-electron chi connectivity index (χ3n) is 6.78. The van der Waals surface area contributed by atoms with Gasteiger partial charge in [-0.25, -0.2) is 4.98 Å². The first-order valence-electron chi connectivity index (χ1n) is 12.9. The summed E-state index contributed by atoms with van der Waals surface area (Å²) in [6.07, 6.45) is 2.79. The molecule has 0 aliphatic carbocycles. The van der Waals surface area contributed by atoms with Crippen LogP contribution in [0.1, 0.15) is 10.4 Å². The second-order valence-corrected chi connectivity index (χ2v) is 9.42. The van der Waals surface area contributed by atoms with E-state index in [0.29, 0.717) is 28.5 Å². The van der Waals surface area contributed by atoms with E-state index in [-0.39, 0.29) is 17.8 Å². The molecule has 0 unspecified atom stereocenters. The first kappa shape index (κ1) is 26.6. The van der Waals surface area contributed by atoms with Gasteiger partial charge >= 0.3 is 0 Å². The maximum Gasteiger partial charge on any atom is 0.257 e. The van der Waals surface area contributed by atoms with Crippen molar-refractivity contribution in [3.63, 3.8) is 0 Å². The van der Waals surface area contributed by atoms with Gasteiger partial charge in [0, 0.05) is 44.0 Å². The summed E-state index contributed by atoms with van der Waals surface area (Å²) in [7, 11) is 3.67. The van der Waals surface area contributed by atoms with E-state index < -0.39 is 0 Å². The number of carbonyl (C=O) groups is 2. The first-order chi connectivity index (χ1) is 19.4. The Morgan fingerprint density at radius 2 is 1.75 bits per heavy atom. The molecule has 3 aromatic carbocycles. The number of carbonyl (C=O) groups excluding carboxylic acids is 2. The van der Waals surface area contributed by atoms with Crippen LogP contribution >= 0.6 is 0 Å². The zero-order valence-corrected chi connectivity index (χ0v) is 22.5. The molecule has 2 heterocycles. The highest BCUT2D eigenvalue weighted by Gasteiger charge is 2.21. The predicted molar refractivity (Wildman–Crippen MR) is 159 cm³/mol. The molecule has 1 aliphatic rings. The van der Waals surface area contributed by atoms with E-state index in [2.05, 4.69) is 49.3 Å². The molecule has 0 spiro atoms. The van der Waals surface area contributed by atoms with Crippen LogP contribution in [0.5, 0.6) is 5.75 Å². The van der Waals surface area contributed by atoms with Crippen LogP contribution in [0.3, 0.4) is 0 Å². The number of rotatable bonds is 8. The molecule has 2 amide bonds. The average molecular weight is 538 g/mol. The van der Waals surface area contributed by atoms with Gasteiger partial charge in [0.2, 0.25) is 11.9 Å². The summed E-state index contributed by atoms with van der Waals surface area (Å²) < 4.78 is 5.69. The maximum atomic E-state index is 13.1. The number of likely N-dealkylation sites (N-methyl/N-ethyl adjacent to an activating group) is 1. The summed E-state index contributed by atoms with van der Waals surface area (Å²) >= 11 is 0. The third kappa shape index (κ3) is 5.87. The number of aromatic nitrogens is 2. The molecular weight excluding hydrogens is 506 g/mol. The Morgan fingerprint density at radius 1 is 0.975 bits per heavy atom. The summed E-state index contributed by atoms with van der Waals surface area (Å²) in [5.74, 6) is 0.552. The number of hydrogen-bond donors (Lipinski definition) is 3. The number of anilines is 5. The number of methoxy groups -OCH3 is 1. The quantitative estimate of drug-likeness (QED) is 0.282. The molecule has 1 aliphatic heterocycles. The van der Waals surface area contributed by atoms with Crippen molar-refractivity contribution in [2.75, 3.05) is 61.2 Å². The van der Waals surface area contributed by atoms with Gasteiger partial charge < -0.3 is 30.5 Å². The Hall–Kier alpha value is -4.96. The minimum Gasteiger partial charge on any atom is -0.494 e. The Balaban J connectivity index is 1.41. The van der Waals surface area contributed by atoms with Crippen LogP contribution in [-0.4, -0.2) is 67.0 Å². The van der Waals surface area contributed by atoms with Crippen molar-refractivity contribution < 1.29 is 14.3 Å². The molecule has 5 rings (SSSR count). The monoisotopic (exact) mass is 537 g/mol. The van der Waals surface area contributed by atoms with Crippen molar-refractivity contribution in [1.82, 2.24) is 14.9 Å². The van der Waals surface area contributed by atoms with Gasteiger partial charge in [-0.15, -0.1) is 0 Å². The standard InChI is InChI=1S/C30H31N7O3/c1-4-28(38)32-23-18-24(26(40-3)19-25(23)37-16-14-36(2)15-17-37)33-30-31-13-12-27(35-30)34-29(39)22-11-7-9-20-8-5-6-10-21(20)22/h4-13,18-19H,1,14-17H2,2-3H3,(H,32,38)(H2,31,33,34,35,39). The number of amides is 2. The van der Waals surface area contributed by atoms with E-state index in [0.717, 1.165) is 42.6 Å². The van der Waals surface area contributed by atoms with E-state index in [1.54, 1.807) is 31.5 Å². The topological polar surface area (TPSA) is 112 Å². The van der Waals surface area contributed by atoms with E-state index in [9.17, 15) is 9.59 Å². The third-order valence-corrected chi connectivity index (χ3v) is 6.78. The molecule has 40 heavy (non-hydrogen) atoms. The van der Waals surface area contributed by atoms with Crippen LogP contribution in [0.15, 0.2) is 79.5 Å². The number of nitrogens with one attached hydrogen (secondary N) is 3. The van der Waals surface area contributed by atoms with Crippen molar-refractivity contribution in [3.8, 4) is 5.75 Å². The summed E-state index contributed by atoms with van der Waals surface area (Å²) in [6, 6.07) is 18.6. The molecule has 4 aromatic rings. The van der Waals surface area contributed by atoms with Gasteiger partial charge in [-0.05, 0) is 42.1 Å². The van der Waals surface area contributed by atoms with E-state index in [4.69, 9.17) is 4.74 Å². The molecule has 3 N–H and O–H groups in total. The fraction of sp³-hybridized carbons (Fsp3) is 0.200. The molecule has 0 bridgehead atoms. The molecule has 10 heteroatoms. The molecule has 1 aromatic heterocycles. The largest absolute Gasteiger partial charge is 0.494 e. The number of ether oxygens (including phenoxy) is 1. The highest BCUT2D eigenvalue weighted by Crippen LogP contribution is 2.38. The summed E-state index contributed by atoms with van der Waals surface area (Å²) in [6.45, 7) is 7.01. The van der Waals surface area contributed by atoms with Gasteiger partial charge in [0.15, 0.2) is 0 Å². The average Bonchev–Trinajstić information content (AvgIpc) is 2.97. The van der Waals surface area contributed by atoms with Crippen LogP contribution < -0.4 is 25.6 Å². The highest BCUT2D eigenvalue weighted by molar-refractivity contribution is 6.12. The zero-order valence-electron chi connectivity index (χ0n) is 22.5. The second-order valence-electron chi connectivity index (χ2n) is 9.42. The SMILES string of the molecule is C=CC(=O)Nc1cc(Nc2nccc(NC(=O)c3cccc4ccccc34)n2)c(OC)cc1N1CCN(C)CC1. The van der Waals surface area contributed by atoms with Crippen LogP contribution in [0.25, 0.3) is 10.8 Å². The smallest absolute Gasteiger partial charge is 0.257 e. The van der Waals surface area contributed by atoms with Gasteiger partial charge in [0.1, 0.15) is 11.6 Å². The van der Waals surface area contributed by atoms with Gasteiger partial charge in [-0.2, -0.15) is 4.98 Å². The molecular formula is C30H31N7O3. The number of fused-ring (bicyclic) bond motifs is 1. The second kappa shape index (κ2) is 11.8. The Morgan fingerprint density at radius 3 is 2.52 bits per heavy atom. The number of hydrogen-bond acceptors (Lipinski definition) is 8. The van der Waals surface area contributed by atoms with Crippen molar-refractivity contribution >= 4 is 51.4 Å². The number of nitrogens with zero attached hydrogens (tertiary/aromatic N) is 4. The van der Waals surface area contributed by atoms with Crippen LogP contribution in [0.4, 0.5) is 28.8 Å². The highest BCUT2D eigenvalue weighted by atomic mass is 16.5. The first-order valence-corrected chi connectivity index (χ1v) is 12.9. The van der Waals surface area contributed by atoms with Crippen LogP contribution in [-0.2, 0) is 4.79 Å². The molecule has 1 saturated heterocycles. The van der Waals surface area contributed by atoms with E-state index in [1.165, 1.54) is 6.08 Å². The van der Waals surface area contributed by atoms with Gasteiger partial charge in [-0.3, -0.25) is 9.59 Å². The molecule has 10 nitrogen and oxygen atoms in total. The Kier molecular flexibility index (Phi) is 7.88. The van der Waals surface area contributed by atoms with Gasteiger partial charge in [-0.1, -0.05) is 43.0 Å². The Bertz CT molecular complexity index is 1560. The van der Waals surface area contributed by atoms with Crippen LogP contribution in [0.2, 0.25) is 0 Å². The molecule has 0 radical (unpaired) electrons. The van der Waals surface area contributed by atoms with E-state index in [1.807, 2.05) is 42.5 Å². The van der Waals surface area contributed by atoms with Gasteiger partial charge in [0.25, 0.3) is 5.91 Å². The van der Waals surface area contributed by atoms with Crippen molar-refractivity contribution in [3.05, 3.63) is 85.1 Å². The lowest BCUT2D eigenvalue weighted by Gasteiger charge is -2.35. The van der Waals surface area contributed by atoms with Crippen molar-refractivity contribution in [2.24, 2.45) is 0 Å². The minimum atomic E-state index is -0.319. The molecule has 0 atom stereocenters. The maximum absolute atomic E-state index is 13.1. The lowest BCUT2D eigenvalue weighted by atomic mass is 10.0. The van der Waals surface area contributed by atoms with Crippen LogP contribution in [0, 0.1) is 0 Å². The lowest BCUT2D eigenvalue weighted by molar-refractivity contribution is -0.111. The summed E-state index contributed by atoms with van der Waals surface area (Å²) in [5.41, 5.74) is 2.56. The fourth-order valence-corrected chi connectivity index (χ4v) is 4.64. The zero-order chi connectivity index (χ0) is 28.1. The fourth-order valence-electron chi connectivity index (χ4n) is 4.64. The minimum absolute atomic E-state index is 0.252. The predicted octanol–water partition coefficient (Wildman–Crippen LogP) is 4.51. The summed E-state index contributed by atoms with van der Waals surface area (Å²) in [5, 5.41) is 10.8. The van der Waals surface area contributed by atoms with Crippen molar-refractivity contribution in [1.29, 1.82) is 0 Å². The van der Waals surface area contributed by atoms with Crippen molar-refractivity contribution in [2.45, 2.75) is 0 Å². The number of piperazine rings is 1. The molecule has 0 saturated carbocycles. The normalized spacial score (nSPS) is 13.5.